The zero-order chi connectivity index (χ0) is 18.8. The molecule has 2 heterocycles. The van der Waals surface area contributed by atoms with Gasteiger partial charge in [-0.15, -0.1) is 0 Å². The first-order valence-corrected chi connectivity index (χ1v) is 9.45. The summed E-state index contributed by atoms with van der Waals surface area (Å²) >= 11 is 0. The Morgan fingerprint density at radius 1 is 1.22 bits per heavy atom. The van der Waals surface area contributed by atoms with E-state index in [0.29, 0.717) is 18.7 Å². The van der Waals surface area contributed by atoms with Gasteiger partial charge in [0.2, 0.25) is 0 Å². The van der Waals surface area contributed by atoms with E-state index in [9.17, 15) is 13.6 Å². The molecule has 1 amide bonds. The molecule has 4 rings (SSSR count). The van der Waals surface area contributed by atoms with E-state index in [4.69, 9.17) is 0 Å². The molecule has 1 saturated carbocycles. The first-order valence-electron chi connectivity index (χ1n) is 9.45. The van der Waals surface area contributed by atoms with Crippen LogP contribution in [-0.4, -0.2) is 40.1 Å². The second-order valence-corrected chi connectivity index (χ2v) is 7.37. The molecule has 1 saturated heterocycles. The molecule has 5 nitrogen and oxygen atoms in total. The summed E-state index contributed by atoms with van der Waals surface area (Å²) in [5, 5.41) is 0. The third-order valence-electron chi connectivity index (χ3n) is 5.30. The van der Waals surface area contributed by atoms with Gasteiger partial charge in [-0.25, -0.2) is 4.98 Å². The van der Waals surface area contributed by atoms with Gasteiger partial charge in [0.1, 0.15) is 11.6 Å². The van der Waals surface area contributed by atoms with Gasteiger partial charge in [-0.1, -0.05) is 0 Å². The monoisotopic (exact) mass is 375 g/mol. The minimum Gasteiger partial charge on any atom is -0.435 e. The van der Waals surface area contributed by atoms with E-state index < -0.39 is 6.61 Å². The van der Waals surface area contributed by atoms with Crippen molar-refractivity contribution in [1.82, 2.24) is 14.5 Å². The Balaban J connectivity index is 1.43. The fourth-order valence-electron chi connectivity index (χ4n) is 3.75. The van der Waals surface area contributed by atoms with Crippen LogP contribution in [0.3, 0.4) is 0 Å². The minimum atomic E-state index is -2.87. The van der Waals surface area contributed by atoms with E-state index in [1.807, 2.05) is 17.3 Å². The molecule has 2 fully saturated rings. The number of nitrogens with zero attached hydrogens (tertiary/aromatic N) is 3. The van der Waals surface area contributed by atoms with Crippen LogP contribution in [0.15, 0.2) is 36.7 Å². The lowest BCUT2D eigenvalue weighted by atomic mass is 9.96. The van der Waals surface area contributed by atoms with Gasteiger partial charge in [0.15, 0.2) is 0 Å². The summed E-state index contributed by atoms with van der Waals surface area (Å²) in [7, 11) is 0. The fraction of sp³-hybridized carbons (Fsp3) is 0.500. The number of rotatable bonds is 6. The van der Waals surface area contributed by atoms with Gasteiger partial charge in [-0.3, -0.25) is 4.79 Å². The van der Waals surface area contributed by atoms with Crippen LogP contribution in [0.1, 0.15) is 47.8 Å². The number of ether oxygens (including phenoxy) is 1. The lowest BCUT2D eigenvalue weighted by molar-refractivity contribution is -0.0498. The molecule has 0 bridgehead atoms. The average Bonchev–Trinajstić information content (AvgIpc) is 3.36. The maximum absolute atomic E-state index is 12.8. The molecule has 0 unspecified atom stereocenters. The van der Waals surface area contributed by atoms with Crippen molar-refractivity contribution in [1.29, 1.82) is 0 Å². The van der Waals surface area contributed by atoms with E-state index in [1.54, 1.807) is 0 Å². The van der Waals surface area contributed by atoms with Crippen molar-refractivity contribution in [3.05, 3.63) is 48.0 Å². The van der Waals surface area contributed by atoms with Crippen molar-refractivity contribution in [2.45, 2.75) is 44.8 Å². The van der Waals surface area contributed by atoms with Gasteiger partial charge >= 0.3 is 6.61 Å². The number of halogens is 2. The number of alkyl halides is 2. The molecule has 0 spiro atoms. The molecule has 0 N–H and O–H groups in total. The number of hydrogen-bond acceptors (Lipinski definition) is 3. The molecule has 0 radical (unpaired) electrons. The second-order valence-electron chi connectivity index (χ2n) is 7.37. The predicted molar refractivity (Wildman–Crippen MR) is 95.9 cm³/mol. The Morgan fingerprint density at radius 2 is 2.00 bits per heavy atom. The molecule has 144 valence electrons. The Labute approximate surface area is 156 Å². The van der Waals surface area contributed by atoms with Gasteiger partial charge in [0, 0.05) is 43.5 Å². The van der Waals surface area contributed by atoms with Crippen LogP contribution in [0.4, 0.5) is 8.78 Å². The summed E-state index contributed by atoms with van der Waals surface area (Å²) in [5.74, 6) is 2.05. The SMILES string of the molecule is O=C(c1ccc(OC(F)F)cc1)N1CCC[C@@H](c2nccn2CC2CC2)C1. The highest BCUT2D eigenvalue weighted by molar-refractivity contribution is 5.94. The highest BCUT2D eigenvalue weighted by atomic mass is 19.3. The molecule has 1 aromatic carbocycles. The molecule has 2 aromatic rings. The zero-order valence-corrected chi connectivity index (χ0v) is 15.1. The number of carbonyl (C=O) groups excluding carboxylic acids is 1. The quantitative estimate of drug-likeness (QED) is 0.769. The molecule has 1 aliphatic carbocycles. The maximum atomic E-state index is 12.8. The molecule has 1 aliphatic heterocycles. The number of imidazole rings is 1. The second kappa shape index (κ2) is 7.66. The van der Waals surface area contributed by atoms with E-state index in [1.165, 1.54) is 37.1 Å². The van der Waals surface area contributed by atoms with Crippen LogP contribution in [0.5, 0.6) is 5.75 Å². The molecule has 7 heteroatoms. The van der Waals surface area contributed by atoms with Gasteiger partial charge in [-0.2, -0.15) is 8.78 Å². The summed E-state index contributed by atoms with van der Waals surface area (Å²) < 4.78 is 31.1. The number of amides is 1. The first kappa shape index (κ1) is 17.9. The largest absolute Gasteiger partial charge is 0.435 e. The van der Waals surface area contributed by atoms with Crippen LogP contribution in [0.2, 0.25) is 0 Å². The zero-order valence-electron chi connectivity index (χ0n) is 15.1. The lowest BCUT2D eigenvalue weighted by Crippen LogP contribution is -2.39. The van der Waals surface area contributed by atoms with E-state index in [2.05, 4.69) is 14.3 Å². The third kappa shape index (κ3) is 4.28. The fourth-order valence-corrected chi connectivity index (χ4v) is 3.75. The Bertz CT molecular complexity index is 787. The van der Waals surface area contributed by atoms with Gasteiger partial charge in [-0.05, 0) is 55.9 Å². The topological polar surface area (TPSA) is 47.4 Å². The normalized spacial score (nSPS) is 20.1. The third-order valence-corrected chi connectivity index (χ3v) is 5.30. The van der Waals surface area contributed by atoms with Crippen molar-refractivity contribution in [2.24, 2.45) is 5.92 Å². The summed E-state index contributed by atoms with van der Waals surface area (Å²) in [6.07, 6.45) is 8.42. The molecule has 27 heavy (non-hydrogen) atoms. The average molecular weight is 375 g/mol. The molecule has 2 aliphatic rings. The van der Waals surface area contributed by atoms with E-state index >= 15 is 0 Å². The number of piperidine rings is 1. The van der Waals surface area contributed by atoms with Gasteiger partial charge < -0.3 is 14.2 Å². The van der Waals surface area contributed by atoms with Crippen LogP contribution >= 0.6 is 0 Å². The van der Waals surface area contributed by atoms with Crippen LogP contribution in [-0.2, 0) is 6.54 Å². The number of aromatic nitrogens is 2. The number of carbonyl (C=O) groups is 1. The van der Waals surface area contributed by atoms with E-state index in [0.717, 1.165) is 31.1 Å². The van der Waals surface area contributed by atoms with Crippen molar-refractivity contribution in [3.8, 4) is 5.75 Å². The molecule has 1 aromatic heterocycles. The summed E-state index contributed by atoms with van der Waals surface area (Å²) in [5.41, 5.74) is 0.485. The summed E-state index contributed by atoms with van der Waals surface area (Å²) in [4.78, 5) is 19.2. The van der Waals surface area contributed by atoms with Crippen molar-refractivity contribution >= 4 is 5.91 Å². The Hall–Kier alpha value is -2.44. The van der Waals surface area contributed by atoms with Gasteiger partial charge in [0.05, 0.1) is 0 Å². The molecule has 1 atom stereocenters. The number of hydrogen-bond donors (Lipinski definition) is 0. The highest BCUT2D eigenvalue weighted by Crippen LogP contribution is 2.33. The van der Waals surface area contributed by atoms with E-state index in [-0.39, 0.29) is 17.6 Å². The number of likely N-dealkylation sites (tertiary alicyclic amines) is 1. The summed E-state index contributed by atoms with van der Waals surface area (Å²) in [6, 6.07) is 5.89. The summed E-state index contributed by atoms with van der Waals surface area (Å²) in [6.45, 7) is -0.511. The first-order chi connectivity index (χ1) is 13.1. The van der Waals surface area contributed by atoms with Crippen molar-refractivity contribution < 1.29 is 18.3 Å². The van der Waals surface area contributed by atoms with Crippen LogP contribution in [0.25, 0.3) is 0 Å². The highest BCUT2D eigenvalue weighted by Gasteiger charge is 2.29. The smallest absolute Gasteiger partial charge is 0.387 e. The maximum Gasteiger partial charge on any atom is 0.387 e. The standard InChI is InChI=1S/C20H23F2N3O2/c21-20(22)27-17-7-5-15(6-8-17)19(26)25-10-1-2-16(13-25)18-23-9-11-24(18)12-14-3-4-14/h5-9,11,14,16,20H,1-4,10,12-13H2/t16-/m1/s1. The van der Waals surface area contributed by atoms with Crippen molar-refractivity contribution in [2.75, 3.05) is 13.1 Å². The Morgan fingerprint density at radius 3 is 2.70 bits per heavy atom. The Kier molecular flexibility index (Phi) is 5.09. The minimum absolute atomic E-state index is 0.0557. The van der Waals surface area contributed by atoms with Crippen LogP contribution in [0, 0.1) is 5.92 Å². The van der Waals surface area contributed by atoms with Crippen molar-refractivity contribution in [3.63, 3.8) is 0 Å². The lowest BCUT2D eigenvalue weighted by Gasteiger charge is -2.33. The predicted octanol–water partition coefficient (Wildman–Crippen LogP) is 3.91. The van der Waals surface area contributed by atoms with Gasteiger partial charge in [0.25, 0.3) is 5.91 Å². The van der Waals surface area contributed by atoms with Crippen LogP contribution < -0.4 is 4.74 Å². The number of benzene rings is 1. The molecular formula is C20H23F2N3O2. The molecular weight excluding hydrogens is 352 g/mol.